The van der Waals surface area contributed by atoms with E-state index in [0.717, 1.165) is 12.1 Å². The smallest absolute Gasteiger partial charge is 0.305 e. The molecule has 19 heteroatoms. The summed E-state index contributed by atoms with van der Waals surface area (Å²) >= 11 is 0. The van der Waals surface area contributed by atoms with Crippen LogP contribution in [0.3, 0.4) is 0 Å². The molecule has 18 nitrogen and oxygen atoms in total. The van der Waals surface area contributed by atoms with Crippen molar-refractivity contribution in [2.45, 2.75) is 90.1 Å². The van der Waals surface area contributed by atoms with Crippen LogP contribution in [0.2, 0.25) is 0 Å². The molecule has 7 amide bonds. The number of carboxylic acid groups (broad SMARTS) is 1. The van der Waals surface area contributed by atoms with Crippen LogP contribution in [0.4, 0.5) is 4.39 Å². The van der Waals surface area contributed by atoms with E-state index < -0.39 is 114 Å². The maximum absolute atomic E-state index is 14.1. The highest BCUT2D eigenvalue weighted by Gasteiger charge is 2.35. The second-order valence-electron chi connectivity index (χ2n) is 13.9. The van der Waals surface area contributed by atoms with Crippen LogP contribution < -0.4 is 43.4 Å². The molecule has 12 N–H and O–H groups in total. The molecule has 306 valence electrons. The molecule has 0 radical (unpaired) electrons. The number of phenols is 1. The van der Waals surface area contributed by atoms with Gasteiger partial charge in [0, 0.05) is 6.42 Å². The summed E-state index contributed by atoms with van der Waals surface area (Å²) in [5.41, 5.74) is 12.0. The number of amides is 7. The average Bonchev–Trinajstić information content (AvgIpc) is 3.11. The van der Waals surface area contributed by atoms with Crippen LogP contribution >= 0.6 is 0 Å². The van der Waals surface area contributed by atoms with E-state index in [2.05, 4.69) is 31.9 Å². The number of rotatable bonds is 21. The van der Waals surface area contributed by atoms with Gasteiger partial charge in [-0.05, 0) is 60.6 Å². The van der Waals surface area contributed by atoms with Crippen molar-refractivity contribution in [1.82, 2.24) is 31.9 Å². The third-order valence-corrected chi connectivity index (χ3v) is 8.38. The Bertz CT molecular complexity index is 1740. The number of carboxylic acids is 1. The molecule has 2 aromatic carbocycles. The van der Waals surface area contributed by atoms with E-state index in [1.807, 2.05) is 0 Å². The van der Waals surface area contributed by atoms with Gasteiger partial charge in [0.2, 0.25) is 41.4 Å². The van der Waals surface area contributed by atoms with Crippen molar-refractivity contribution in [3.8, 4) is 5.75 Å². The fourth-order valence-corrected chi connectivity index (χ4v) is 5.28. The third-order valence-electron chi connectivity index (χ3n) is 8.38. The van der Waals surface area contributed by atoms with E-state index in [0.29, 0.717) is 5.56 Å². The molecule has 0 heterocycles. The normalized spacial score (nSPS) is 14.2. The fraction of sp³-hybridized carbons (Fsp3) is 0.459. The Hall–Kier alpha value is -6.11. The predicted molar refractivity (Wildman–Crippen MR) is 199 cm³/mol. The van der Waals surface area contributed by atoms with Gasteiger partial charge in [0.05, 0.1) is 19.0 Å². The summed E-state index contributed by atoms with van der Waals surface area (Å²) in [6.45, 7) is 7.22. The number of halogens is 1. The molecular formula is C37H51FN8O10. The van der Waals surface area contributed by atoms with Gasteiger partial charge < -0.3 is 53.6 Å². The molecule has 0 bridgehead atoms. The number of phenolic OH excluding ortho intramolecular Hbond substituents is 1. The number of hydrogen-bond acceptors (Lipinski definition) is 10. The number of hydrogen-bond donors (Lipinski definition) is 10. The lowest BCUT2D eigenvalue weighted by Gasteiger charge is -2.29. The lowest BCUT2D eigenvalue weighted by molar-refractivity contribution is -0.141. The van der Waals surface area contributed by atoms with Crippen LogP contribution in [0.5, 0.6) is 5.75 Å². The van der Waals surface area contributed by atoms with E-state index in [-0.39, 0.29) is 24.2 Å². The van der Waals surface area contributed by atoms with Crippen LogP contribution in [0.25, 0.3) is 0 Å². The second kappa shape index (κ2) is 21.7. The first-order valence-corrected chi connectivity index (χ1v) is 17.8. The molecular weight excluding hydrogens is 735 g/mol. The number of nitrogens with two attached hydrogens (primary N) is 2. The molecule has 0 fully saturated rings. The van der Waals surface area contributed by atoms with Gasteiger partial charge in [0.25, 0.3) is 0 Å². The Kier molecular flexibility index (Phi) is 17.8. The summed E-state index contributed by atoms with van der Waals surface area (Å²) in [6.07, 6.45) is -1.22. The number of carbonyl (C=O) groups excluding carboxylic acids is 7. The Morgan fingerprint density at radius 2 is 1.21 bits per heavy atom. The van der Waals surface area contributed by atoms with Crippen LogP contribution in [0.1, 0.15) is 52.2 Å². The summed E-state index contributed by atoms with van der Waals surface area (Å²) < 4.78 is 14.1. The highest BCUT2D eigenvalue weighted by Crippen LogP contribution is 2.12. The first-order chi connectivity index (χ1) is 26.2. The maximum atomic E-state index is 14.1. The molecule has 0 saturated carbocycles. The molecule has 2 aromatic rings. The number of primary amides is 1. The first kappa shape index (κ1) is 46.0. The molecule has 0 unspecified atom stereocenters. The summed E-state index contributed by atoms with van der Waals surface area (Å²) in [5.74, 6) is -9.30. The molecule has 6 atom stereocenters. The molecule has 2 rings (SSSR count). The molecule has 0 aromatic heterocycles. The van der Waals surface area contributed by atoms with E-state index in [9.17, 15) is 53.0 Å². The van der Waals surface area contributed by atoms with Gasteiger partial charge in [-0.2, -0.15) is 0 Å². The highest BCUT2D eigenvalue weighted by atomic mass is 19.1. The topological polar surface area (TPSA) is 301 Å². The third kappa shape index (κ3) is 15.3. The summed E-state index contributed by atoms with van der Waals surface area (Å²) in [5, 5.41) is 33.6. The number of aromatic hydroxyl groups is 1. The van der Waals surface area contributed by atoms with Crippen molar-refractivity contribution >= 4 is 47.3 Å². The highest BCUT2D eigenvalue weighted by molar-refractivity contribution is 5.98. The molecule has 0 aliphatic rings. The van der Waals surface area contributed by atoms with Gasteiger partial charge in [-0.3, -0.25) is 38.4 Å². The first-order valence-electron chi connectivity index (χ1n) is 17.8. The summed E-state index contributed by atoms with van der Waals surface area (Å²) in [7, 11) is 0. The monoisotopic (exact) mass is 786 g/mol. The Morgan fingerprint density at radius 3 is 1.77 bits per heavy atom. The van der Waals surface area contributed by atoms with Crippen molar-refractivity contribution in [3.05, 3.63) is 65.5 Å². The second-order valence-corrected chi connectivity index (χ2v) is 13.9. The number of aliphatic carboxylic acids is 1. The standard InChI is InChI=1S/C37H51FN8O10/c1-18(2)30(36(55)41-17-28(40)48)46-37(56)31(19(3)4)45-35(54)27(16-29(49)50)44-34(53)26(15-22-7-6-8-23(38)13-22)43-32(51)20(5)42-33(52)25(39)14-21-9-11-24(47)12-10-21/h6-13,18-20,25-27,30-31,47H,14-17,39H2,1-5H3,(H2,40,48)(H,41,55)(H,42,52)(H,43,51)(H,44,53)(H,45,54)(H,46,56)(H,49,50)/t20-,25-,26-,27-,30-,31-/m0/s1. The van der Waals surface area contributed by atoms with Crippen LogP contribution in [0, 0.1) is 17.7 Å². The van der Waals surface area contributed by atoms with Crippen LogP contribution in [0.15, 0.2) is 48.5 Å². The van der Waals surface area contributed by atoms with Gasteiger partial charge >= 0.3 is 5.97 Å². The van der Waals surface area contributed by atoms with Crippen molar-refractivity contribution in [2.75, 3.05) is 6.54 Å². The van der Waals surface area contributed by atoms with Gasteiger partial charge in [0.15, 0.2) is 0 Å². The van der Waals surface area contributed by atoms with E-state index in [1.165, 1.54) is 31.2 Å². The molecule has 0 spiro atoms. The zero-order valence-electron chi connectivity index (χ0n) is 31.8. The minimum atomic E-state index is -1.80. The SMILES string of the molecule is CC(C)[C@H](NC(=O)[C@H](CC(=O)O)NC(=O)[C@H](Cc1cccc(F)c1)NC(=O)[C@H](C)NC(=O)[C@@H](N)Cc1ccc(O)cc1)C(=O)N[C@H](C(=O)NCC(N)=O)C(C)C. The minimum absolute atomic E-state index is 0.0222. The molecule has 56 heavy (non-hydrogen) atoms. The van der Waals surface area contributed by atoms with Gasteiger partial charge in [0.1, 0.15) is 41.8 Å². The van der Waals surface area contributed by atoms with Crippen LogP contribution in [-0.4, -0.2) is 100 Å². The minimum Gasteiger partial charge on any atom is -0.508 e. The van der Waals surface area contributed by atoms with Crippen LogP contribution in [-0.2, 0) is 51.2 Å². The van der Waals surface area contributed by atoms with Crippen molar-refractivity contribution in [1.29, 1.82) is 0 Å². The zero-order valence-corrected chi connectivity index (χ0v) is 31.8. The predicted octanol–water partition coefficient (Wildman–Crippen LogP) is -1.52. The van der Waals surface area contributed by atoms with Gasteiger partial charge in [-0.15, -0.1) is 0 Å². The molecule has 0 aliphatic carbocycles. The van der Waals surface area contributed by atoms with Crippen molar-refractivity contribution < 1.29 is 53.0 Å². The summed E-state index contributed by atoms with van der Waals surface area (Å²) in [6, 6.07) is 2.91. The fourth-order valence-electron chi connectivity index (χ4n) is 5.28. The lowest BCUT2D eigenvalue weighted by Crippen LogP contribution is -2.61. The summed E-state index contributed by atoms with van der Waals surface area (Å²) in [4.78, 5) is 102. The van der Waals surface area contributed by atoms with Gasteiger partial charge in [-0.1, -0.05) is 52.0 Å². The quantitative estimate of drug-likeness (QED) is 0.0693. The van der Waals surface area contributed by atoms with E-state index >= 15 is 0 Å². The van der Waals surface area contributed by atoms with E-state index in [4.69, 9.17) is 11.5 Å². The average molecular weight is 787 g/mol. The Balaban J connectivity index is 2.27. The van der Waals surface area contributed by atoms with E-state index in [1.54, 1.807) is 39.8 Å². The number of nitrogens with one attached hydrogen (secondary N) is 6. The zero-order chi connectivity index (χ0) is 42.3. The Morgan fingerprint density at radius 1 is 0.661 bits per heavy atom. The largest absolute Gasteiger partial charge is 0.508 e. The number of carbonyl (C=O) groups is 8. The van der Waals surface area contributed by atoms with Gasteiger partial charge in [-0.25, -0.2) is 4.39 Å². The maximum Gasteiger partial charge on any atom is 0.305 e. The molecule has 0 aliphatic heterocycles. The van der Waals surface area contributed by atoms with Crippen molar-refractivity contribution in [2.24, 2.45) is 23.3 Å². The molecule has 0 saturated heterocycles. The Labute approximate surface area is 323 Å². The lowest BCUT2D eigenvalue weighted by atomic mass is 9.99. The number of benzene rings is 2. The van der Waals surface area contributed by atoms with Crippen molar-refractivity contribution in [3.63, 3.8) is 0 Å².